The summed E-state index contributed by atoms with van der Waals surface area (Å²) in [6.07, 6.45) is 7.18. The number of nitriles is 1. The number of aliphatic hydroxyl groups is 1. The zero-order valence-corrected chi connectivity index (χ0v) is 20.7. The van der Waals surface area contributed by atoms with E-state index in [0.717, 1.165) is 0 Å². The third-order valence-corrected chi connectivity index (χ3v) is 5.65. The van der Waals surface area contributed by atoms with Gasteiger partial charge in [-0.15, -0.1) is 0 Å². The van der Waals surface area contributed by atoms with Gasteiger partial charge in [-0.3, -0.25) is 14.6 Å². The second kappa shape index (κ2) is 12.2. The molecule has 35 heavy (non-hydrogen) atoms. The maximum absolute atomic E-state index is 13.4. The van der Waals surface area contributed by atoms with Gasteiger partial charge in [0.05, 0.1) is 12.5 Å². The molecule has 2 N–H and O–H groups in total. The Morgan fingerprint density at radius 2 is 2.20 bits per heavy atom. The molecular formula is C26H33FN4O4. The first-order valence-electron chi connectivity index (χ1n) is 11.4. The number of carbonyl (C=O) groups excluding carboxylic acids is 2. The lowest BCUT2D eigenvalue weighted by Gasteiger charge is -2.26. The van der Waals surface area contributed by atoms with Gasteiger partial charge in [-0.25, -0.2) is 4.39 Å². The third-order valence-electron chi connectivity index (χ3n) is 5.65. The molecule has 0 spiro atoms. The third kappa shape index (κ3) is 7.41. The van der Waals surface area contributed by atoms with Crippen molar-refractivity contribution in [3.8, 4) is 6.07 Å². The maximum atomic E-state index is 13.4. The highest BCUT2D eigenvalue weighted by Gasteiger charge is 2.34. The van der Waals surface area contributed by atoms with Gasteiger partial charge in [0.15, 0.2) is 6.10 Å². The van der Waals surface area contributed by atoms with Crippen molar-refractivity contribution in [1.82, 2.24) is 10.2 Å². The van der Waals surface area contributed by atoms with E-state index in [-0.39, 0.29) is 54.0 Å². The molecule has 0 saturated carbocycles. The van der Waals surface area contributed by atoms with Gasteiger partial charge < -0.3 is 20.1 Å². The number of aliphatic hydroxyl groups excluding tert-OH is 1. The summed E-state index contributed by atoms with van der Waals surface area (Å²) >= 11 is 0. The van der Waals surface area contributed by atoms with Gasteiger partial charge >= 0.3 is 0 Å². The van der Waals surface area contributed by atoms with Gasteiger partial charge in [0, 0.05) is 18.5 Å². The number of ether oxygens (including phenoxy) is 1. The summed E-state index contributed by atoms with van der Waals surface area (Å²) in [6.45, 7) is 10.5. The Balaban J connectivity index is 2.53. The van der Waals surface area contributed by atoms with E-state index in [1.807, 2.05) is 6.07 Å². The molecule has 2 atom stereocenters. The second-order valence-corrected chi connectivity index (χ2v) is 9.35. The molecule has 2 rings (SSSR count). The van der Waals surface area contributed by atoms with Crippen LogP contribution in [0.4, 0.5) is 4.39 Å². The van der Waals surface area contributed by atoms with E-state index in [9.17, 15) is 19.1 Å². The molecule has 9 heteroatoms. The van der Waals surface area contributed by atoms with Crippen LogP contribution in [0, 0.1) is 17.2 Å². The molecule has 0 radical (unpaired) electrons. The number of nitrogens with zero attached hydrogens (tertiary/aromatic N) is 3. The van der Waals surface area contributed by atoms with E-state index in [0.29, 0.717) is 24.8 Å². The first-order chi connectivity index (χ1) is 16.5. The summed E-state index contributed by atoms with van der Waals surface area (Å²) in [5.41, 5.74) is 0.0325. The smallest absolute Gasteiger partial charge is 0.261 e. The van der Waals surface area contributed by atoms with Crippen LogP contribution in [-0.2, 0) is 14.3 Å². The molecule has 0 aromatic rings. The Kier molecular flexibility index (Phi) is 9.58. The van der Waals surface area contributed by atoms with E-state index < -0.39 is 17.6 Å². The molecule has 8 nitrogen and oxygen atoms in total. The molecule has 2 aliphatic rings. The molecule has 2 amide bonds. The van der Waals surface area contributed by atoms with Crippen LogP contribution in [0.15, 0.2) is 63.6 Å². The highest BCUT2D eigenvalue weighted by atomic mass is 19.1. The van der Waals surface area contributed by atoms with Crippen LogP contribution < -0.4 is 5.32 Å². The van der Waals surface area contributed by atoms with Crippen LogP contribution in [0.2, 0.25) is 0 Å². The van der Waals surface area contributed by atoms with Crippen LogP contribution >= 0.6 is 0 Å². The first kappa shape index (κ1) is 27.6. The minimum Gasteiger partial charge on any atom is -0.506 e. The lowest BCUT2D eigenvalue weighted by Crippen LogP contribution is -2.48. The number of halogens is 1. The molecule has 1 heterocycles. The average molecular weight is 485 g/mol. The van der Waals surface area contributed by atoms with E-state index in [1.165, 1.54) is 17.1 Å². The van der Waals surface area contributed by atoms with Gasteiger partial charge in [-0.05, 0) is 77.0 Å². The van der Waals surface area contributed by atoms with Crippen molar-refractivity contribution in [2.24, 2.45) is 10.9 Å². The van der Waals surface area contributed by atoms with Crippen LogP contribution in [0.1, 0.15) is 53.4 Å². The van der Waals surface area contributed by atoms with Crippen molar-refractivity contribution in [2.75, 3.05) is 6.54 Å². The SMILES string of the molecule is C=N/C(C(O)=C(C)C)=C1\C(=C\CC2C=CC(F)=CC2)OC(C(=O)NC(C)(C)CC#N)CCN1C=O. The number of nitrogens with one attached hydrogen (secondary N) is 1. The minimum atomic E-state index is -0.960. The molecule has 1 aliphatic heterocycles. The van der Waals surface area contributed by atoms with E-state index in [4.69, 9.17) is 10.00 Å². The summed E-state index contributed by atoms with van der Waals surface area (Å²) in [7, 11) is 0. The highest BCUT2D eigenvalue weighted by molar-refractivity contribution is 5.82. The van der Waals surface area contributed by atoms with Crippen molar-refractivity contribution in [3.63, 3.8) is 0 Å². The van der Waals surface area contributed by atoms with Gasteiger partial charge in [-0.2, -0.15) is 5.26 Å². The van der Waals surface area contributed by atoms with Crippen molar-refractivity contribution in [3.05, 3.63) is 58.6 Å². The van der Waals surface area contributed by atoms with Gasteiger partial charge in [0.1, 0.15) is 28.7 Å². The molecule has 1 saturated heterocycles. The van der Waals surface area contributed by atoms with Gasteiger partial charge in [0.25, 0.3) is 5.91 Å². The number of hydrogen-bond donors (Lipinski definition) is 2. The molecule has 188 valence electrons. The number of allylic oxidation sites excluding steroid dienone is 6. The quantitative estimate of drug-likeness (QED) is 0.299. The topological polar surface area (TPSA) is 115 Å². The van der Waals surface area contributed by atoms with Crippen molar-refractivity contribution < 1.29 is 23.8 Å². The fourth-order valence-corrected chi connectivity index (χ4v) is 3.69. The molecule has 0 aromatic heterocycles. The Bertz CT molecular complexity index is 1040. The fourth-order valence-electron chi connectivity index (χ4n) is 3.69. The van der Waals surface area contributed by atoms with Crippen molar-refractivity contribution in [2.45, 2.75) is 65.0 Å². The van der Waals surface area contributed by atoms with E-state index >= 15 is 0 Å². The predicted octanol–water partition coefficient (Wildman–Crippen LogP) is 4.51. The van der Waals surface area contributed by atoms with Crippen LogP contribution in [0.3, 0.4) is 0 Å². The Hall–Kier alpha value is -3.67. The summed E-state index contributed by atoms with van der Waals surface area (Å²) in [4.78, 5) is 30.4. The molecule has 1 aliphatic carbocycles. The van der Waals surface area contributed by atoms with Crippen LogP contribution in [-0.4, -0.2) is 47.2 Å². The molecular weight excluding hydrogens is 451 g/mol. The Labute approximate surface area is 205 Å². The normalized spacial score (nSPS) is 22.8. The average Bonchev–Trinajstić information content (AvgIpc) is 2.98. The fraction of sp³-hybridized carbons (Fsp3) is 0.462. The van der Waals surface area contributed by atoms with Gasteiger partial charge in [-0.1, -0.05) is 6.08 Å². The lowest BCUT2D eigenvalue weighted by molar-refractivity contribution is -0.132. The minimum absolute atomic E-state index is 0.0150. The summed E-state index contributed by atoms with van der Waals surface area (Å²) < 4.78 is 19.5. The van der Waals surface area contributed by atoms with Crippen LogP contribution in [0.5, 0.6) is 0 Å². The maximum Gasteiger partial charge on any atom is 0.261 e. The predicted molar refractivity (Wildman–Crippen MR) is 131 cm³/mol. The monoisotopic (exact) mass is 484 g/mol. The van der Waals surface area contributed by atoms with E-state index in [1.54, 1.807) is 39.8 Å². The number of hydrogen-bond acceptors (Lipinski definition) is 6. The summed E-state index contributed by atoms with van der Waals surface area (Å²) in [5.74, 6) is -0.705. The zero-order valence-electron chi connectivity index (χ0n) is 20.7. The summed E-state index contributed by atoms with van der Waals surface area (Å²) in [6, 6.07) is 2.05. The number of aliphatic imine (C=N–C) groups is 1. The molecule has 2 unspecified atom stereocenters. The molecule has 0 bridgehead atoms. The largest absolute Gasteiger partial charge is 0.506 e. The number of rotatable bonds is 8. The van der Waals surface area contributed by atoms with Crippen LogP contribution in [0.25, 0.3) is 0 Å². The molecule has 0 aromatic carbocycles. The first-order valence-corrected chi connectivity index (χ1v) is 11.4. The van der Waals surface area contributed by atoms with E-state index in [2.05, 4.69) is 17.0 Å². The zero-order chi connectivity index (χ0) is 26.2. The van der Waals surface area contributed by atoms with Crippen molar-refractivity contribution >= 4 is 19.0 Å². The standard InChI is InChI=1S/C26H33FN4O4/c1-17(2)24(33)22(29-5)23-20(11-8-18-6-9-19(27)10-7-18)35-21(12-15-31(23)16-32)25(34)30-26(3,4)13-14-28/h6,9-11,16,18,21,33H,5,7-8,12-13,15H2,1-4H3,(H,30,34)/b20-11-,23-22+. The highest BCUT2D eigenvalue weighted by Crippen LogP contribution is 2.32. The lowest BCUT2D eigenvalue weighted by atomic mass is 9.96. The summed E-state index contributed by atoms with van der Waals surface area (Å²) in [5, 5.41) is 22.6. The molecule has 1 fully saturated rings. The number of amides is 2. The number of carbonyl (C=O) groups is 2. The Morgan fingerprint density at radius 3 is 2.74 bits per heavy atom. The second-order valence-electron chi connectivity index (χ2n) is 9.35. The van der Waals surface area contributed by atoms with Crippen molar-refractivity contribution in [1.29, 1.82) is 5.26 Å². The van der Waals surface area contributed by atoms with Gasteiger partial charge in [0.2, 0.25) is 6.41 Å². The Morgan fingerprint density at radius 1 is 1.49 bits per heavy atom.